The molecule has 0 amide bonds. The number of hydrogen-bond acceptors (Lipinski definition) is 1. The summed E-state index contributed by atoms with van der Waals surface area (Å²) in [5, 5.41) is 1.25. The molecule has 1 heterocycles. The van der Waals surface area contributed by atoms with Crippen LogP contribution >= 0.6 is 0 Å². The number of nitrogens with one attached hydrogen (secondary N) is 1. The Morgan fingerprint density at radius 1 is 1.26 bits per heavy atom. The van der Waals surface area contributed by atoms with Gasteiger partial charge >= 0.3 is 0 Å². The Labute approximate surface area is 114 Å². The summed E-state index contributed by atoms with van der Waals surface area (Å²) in [6.07, 6.45) is 0.886. The monoisotopic (exact) mass is 258 g/mol. The number of aromatic amines is 1. The smallest absolute Gasteiger partial charge is 0.191 e. The number of hydrogen-bond donors (Lipinski definition) is 2. The summed E-state index contributed by atoms with van der Waals surface area (Å²) < 4.78 is 0. The van der Waals surface area contributed by atoms with Crippen LogP contribution in [0.1, 0.15) is 19.5 Å². The highest BCUT2D eigenvalue weighted by Gasteiger charge is 2.02. The lowest BCUT2D eigenvalue weighted by molar-refractivity contribution is 0.458. The Bertz CT molecular complexity index is 519. The van der Waals surface area contributed by atoms with Gasteiger partial charge in [0.1, 0.15) is 0 Å². The van der Waals surface area contributed by atoms with Gasteiger partial charge in [0, 0.05) is 37.3 Å². The summed E-state index contributed by atoms with van der Waals surface area (Å²) in [4.78, 5) is 9.90. The van der Waals surface area contributed by atoms with Crippen molar-refractivity contribution in [2.75, 3.05) is 19.6 Å². The first-order valence-corrected chi connectivity index (χ1v) is 6.86. The van der Waals surface area contributed by atoms with Crippen molar-refractivity contribution in [2.45, 2.75) is 20.3 Å². The molecule has 0 bridgehead atoms. The Morgan fingerprint density at radius 2 is 2.00 bits per heavy atom. The van der Waals surface area contributed by atoms with Crippen LogP contribution in [0.5, 0.6) is 0 Å². The van der Waals surface area contributed by atoms with E-state index in [1.807, 2.05) is 6.07 Å². The van der Waals surface area contributed by atoms with Gasteiger partial charge in [-0.2, -0.15) is 0 Å². The van der Waals surface area contributed by atoms with E-state index in [4.69, 9.17) is 5.73 Å². The van der Waals surface area contributed by atoms with E-state index >= 15 is 0 Å². The number of nitrogens with two attached hydrogens (primary N) is 1. The number of benzene rings is 1. The minimum absolute atomic E-state index is 0.640. The molecule has 4 nitrogen and oxygen atoms in total. The molecule has 0 spiro atoms. The van der Waals surface area contributed by atoms with Crippen molar-refractivity contribution in [1.82, 2.24) is 9.88 Å². The van der Waals surface area contributed by atoms with Crippen LogP contribution in [0.25, 0.3) is 10.9 Å². The first kappa shape index (κ1) is 13.5. The van der Waals surface area contributed by atoms with Crippen LogP contribution in [0.2, 0.25) is 0 Å². The van der Waals surface area contributed by atoms with Crippen molar-refractivity contribution in [3.05, 3.63) is 36.0 Å². The minimum atomic E-state index is 0.640. The third-order valence-corrected chi connectivity index (χ3v) is 3.33. The molecule has 102 valence electrons. The van der Waals surface area contributed by atoms with Crippen molar-refractivity contribution >= 4 is 16.9 Å². The quantitative estimate of drug-likeness (QED) is 0.639. The van der Waals surface area contributed by atoms with Gasteiger partial charge in [0.2, 0.25) is 0 Å². The molecule has 3 N–H and O–H groups in total. The largest absolute Gasteiger partial charge is 0.370 e. The zero-order valence-corrected chi connectivity index (χ0v) is 11.7. The maximum Gasteiger partial charge on any atom is 0.191 e. The summed E-state index contributed by atoms with van der Waals surface area (Å²) >= 11 is 0. The molecule has 2 rings (SSSR count). The lowest BCUT2D eigenvalue weighted by Crippen LogP contribution is -2.37. The number of nitrogens with zero attached hydrogens (tertiary/aromatic N) is 2. The number of aliphatic imine (C=N–C) groups is 1. The fourth-order valence-corrected chi connectivity index (χ4v) is 2.21. The Balaban J connectivity index is 1.97. The van der Waals surface area contributed by atoms with Gasteiger partial charge < -0.3 is 15.6 Å². The summed E-state index contributed by atoms with van der Waals surface area (Å²) in [7, 11) is 0. The zero-order chi connectivity index (χ0) is 13.7. The second kappa shape index (κ2) is 6.27. The van der Waals surface area contributed by atoms with Crippen LogP contribution in [-0.2, 0) is 6.42 Å². The molecular weight excluding hydrogens is 236 g/mol. The average molecular weight is 258 g/mol. The predicted molar refractivity (Wildman–Crippen MR) is 81.4 cm³/mol. The number of fused-ring (bicyclic) bond motifs is 1. The predicted octanol–water partition coefficient (Wildman–Crippen LogP) is 2.37. The summed E-state index contributed by atoms with van der Waals surface area (Å²) in [5.41, 5.74) is 8.33. The van der Waals surface area contributed by atoms with E-state index in [0.29, 0.717) is 5.96 Å². The molecule has 19 heavy (non-hydrogen) atoms. The molecule has 0 saturated carbocycles. The van der Waals surface area contributed by atoms with E-state index in [1.165, 1.54) is 16.6 Å². The molecule has 0 unspecified atom stereocenters. The van der Waals surface area contributed by atoms with Crippen molar-refractivity contribution in [3.63, 3.8) is 0 Å². The second-order valence-electron chi connectivity index (χ2n) is 4.54. The van der Waals surface area contributed by atoms with Gasteiger partial charge in [0.05, 0.1) is 0 Å². The zero-order valence-electron chi connectivity index (χ0n) is 11.7. The Morgan fingerprint density at radius 3 is 2.68 bits per heavy atom. The Kier molecular flexibility index (Phi) is 4.44. The average Bonchev–Trinajstić information content (AvgIpc) is 2.82. The third-order valence-electron chi connectivity index (χ3n) is 3.33. The van der Waals surface area contributed by atoms with E-state index in [0.717, 1.165) is 26.1 Å². The molecule has 0 saturated heterocycles. The van der Waals surface area contributed by atoms with Crippen LogP contribution in [0, 0.1) is 0 Å². The van der Waals surface area contributed by atoms with Crippen molar-refractivity contribution in [2.24, 2.45) is 10.7 Å². The fraction of sp³-hybridized carbons (Fsp3) is 0.400. The lowest BCUT2D eigenvalue weighted by Gasteiger charge is -2.19. The standard InChI is InChI=1S/C15H22N4/c1-3-19(4-2)15(16)17-10-9-13-11-12-7-5-6-8-14(12)18-13/h5-8,11,18H,3-4,9-10H2,1-2H3,(H2,16,17). The van der Waals surface area contributed by atoms with Crippen molar-refractivity contribution in [3.8, 4) is 0 Å². The van der Waals surface area contributed by atoms with Gasteiger partial charge in [-0.15, -0.1) is 0 Å². The number of guanidine groups is 1. The molecule has 1 aromatic heterocycles. The molecule has 0 aliphatic heterocycles. The van der Waals surface area contributed by atoms with Gasteiger partial charge in [-0.05, 0) is 31.4 Å². The van der Waals surface area contributed by atoms with E-state index < -0.39 is 0 Å². The SMILES string of the molecule is CCN(CC)C(N)=NCCc1cc2ccccc2[nH]1. The number of H-pyrrole nitrogens is 1. The molecule has 2 aromatic rings. The van der Waals surface area contributed by atoms with Crippen molar-refractivity contribution < 1.29 is 0 Å². The van der Waals surface area contributed by atoms with Gasteiger partial charge in [0.15, 0.2) is 5.96 Å². The minimum Gasteiger partial charge on any atom is -0.370 e. The first-order chi connectivity index (χ1) is 9.24. The van der Waals surface area contributed by atoms with E-state index in [2.05, 4.69) is 53.0 Å². The molecule has 0 atom stereocenters. The van der Waals surface area contributed by atoms with Crippen LogP contribution < -0.4 is 5.73 Å². The molecular formula is C15H22N4. The van der Waals surface area contributed by atoms with Crippen LogP contribution in [0.3, 0.4) is 0 Å². The number of aromatic nitrogens is 1. The maximum atomic E-state index is 5.94. The van der Waals surface area contributed by atoms with E-state index in [1.54, 1.807) is 0 Å². The second-order valence-corrected chi connectivity index (χ2v) is 4.54. The molecule has 0 aliphatic rings. The number of rotatable bonds is 5. The van der Waals surface area contributed by atoms with Crippen molar-refractivity contribution in [1.29, 1.82) is 0 Å². The van der Waals surface area contributed by atoms with Gasteiger partial charge in [-0.1, -0.05) is 18.2 Å². The molecule has 0 radical (unpaired) electrons. The number of para-hydroxylation sites is 1. The highest BCUT2D eigenvalue weighted by Crippen LogP contribution is 2.14. The van der Waals surface area contributed by atoms with E-state index in [-0.39, 0.29) is 0 Å². The van der Waals surface area contributed by atoms with Gasteiger partial charge in [0.25, 0.3) is 0 Å². The summed E-state index contributed by atoms with van der Waals surface area (Å²) in [5.74, 6) is 0.640. The first-order valence-electron chi connectivity index (χ1n) is 6.86. The highest BCUT2D eigenvalue weighted by molar-refractivity contribution is 5.80. The molecule has 0 aliphatic carbocycles. The van der Waals surface area contributed by atoms with Crippen LogP contribution in [0.4, 0.5) is 0 Å². The molecule has 4 heteroatoms. The highest BCUT2D eigenvalue weighted by atomic mass is 15.2. The van der Waals surface area contributed by atoms with Crippen LogP contribution in [0.15, 0.2) is 35.3 Å². The molecule has 0 fully saturated rings. The van der Waals surface area contributed by atoms with E-state index in [9.17, 15) is 0 Å². The Hall–Kier alpha value is -1.97. The third kappa shape index (κ3) is 3.28. The van der Waals surface area contributed by atoms with Gasteiger partial charge in [-0.25, -0.2) is 0 Å². The maximum absolute atomic E-state index is 5.94. The summed E-state index contributed by atoms with van der Waals surface area (Å²) in [6.45, 7) is 6.69. The lowest BCUT2D eigenvalue weighted by atomic mass is 10.2. The normalized spacial score (nSPS) is 12.0. The van der Waals surface area contributed by atoms with Gasteiger partial charge in [-0.3, -0.25) is 4.99 Å². The van der Waals surface area contributed by atoms with Crippen LogP contribution in [-0.4, -0.2) is 35.5 Å². The summed E-state index contributed by atoms with van der Waals surface area (Å²) in [6, 6.07) is 10.5. The fourth-order valence-electron chi connectivity index (χ4n) is 2.21. The molecule has 1 aromatic carbocycles. The topological polar surface area (TPSA) is 57.4 Å².